The second kappa shape index (κ2) is 5.50. The van der Waals surface area contributed by atoms with Crippen LogP contribution in [-0.2, 0) is 6.42 Å². The van der Waals surface area contributed by atoms with Gasteiger partial charge in [-0.25, -0.2) is 0 Å². The summed E-state index contributed by atoms with van der Waals surface area (Å²) in [5.41, 5.74) is 7.34. The third-order valence-electron chi connectivity index (χ3n) is 2.45. The van der Waals surface area contributed by atoms with Gasteiger partial charge in [-0.2, -0.15) is 0 Å². The maximum Gasteiger partial charge on any atom is 0.168 e. The molecule has 1 aromatic heterocycles. The highest BCUT2D eigenvalue weighted by Crippen LogP contribution is 2.20. The summed E-state index contributed by atoms with van der Waals surface area (Å²) in [7, 11) is 0. The van der Waals surface area contributed by atoms with E-state index in [1.807, 2.05) is 6.07 Å². The first-order valence-electron chi connectivity index (χ1n) is 5.25. The van der Waals surface area contributed by atoms with E-state index in [0.29, 0.717) is 16.3 Å². The second-order valence-corrected chi connectivity index (χ2v) is 5.13. The van der Waals surface area contributed by atoms with Crippen molar-refractivity contribution in [3.05, 3.63) is 57.3 Å². The lowest BCUT2D eigenvalue weighted by molar-refractivity contribution is 0.0992. The zero-order valence-corrected chi connectivity index (χ0v) is 11.7. The van der Waals surface area contributed by atoms with Crippen LogP contribution >= 0.6 is 27.5 Å². The molecule has 0 unspecified atom stereocenters. The van der Waals surface area contributed by atoms with E-state index in [1.165, 1.54) is 0 Å². The summed E-state index contributed by atoms with van der Waals surface area (Å²) < 4.78 is 0.884. The molecule has 3 nitrogen and oxygen atoms in total. The van der Waals surface area contributed by atoms with Crippen LogP contribution in [0.2, 0.25) is 5.02 Å². The molecule has 2 rings (SSSR count). The van der Waals surface area contributed by atoms with E-state index >= 15 is 0 Å². The van der Waals surface area contributed by atoms with E-state index in [4.69, 9.17) is 17.3 Å². The molecule has 2 aromatic rings. The molecule has 0 aliphatic carbocycles. The molecule has 92 valence electrons. The molecule has 0 bridgehead atoms. The van der Waals surface area contributed by atoms with Crippen LogP contribution in [0.3, 0.4) is 0 Å². The van der Waals surface area contributed by atoms with Crippen molar-refractivity contribution in [2.45, 2.75) is 6.42 Å². The van der Waals surface area contributed by atoms with Gasteiger partial charge in [0.05, 0.1) is 17.1 Å². The number of aromatic nitrogens is 1. The molecule has 2 N–H and O–H groups in total. The van der Waals surface area contributed by atoms with Crippen molar-refractivity contribution < 1.29 is 4.79 Å². The molecule has 0 aliphatic rings. The number of carbonyl (C=O) groups excluding carboxylic acids is 1. The quantitative estimate of drug-likeness (QED) is 0.694. The van der Waals surface area contributed by atoms with Gasteiger partial charge in [0.1, 0.15) is 0 Å². The molecule has 0 amide bonds. The van der Waals surface area contributed by atoms with Gasteiger partial charge in [-0.1, -0.05) is 11.6 Å². The van der Waals surface area contributed by atoms with Gasteiger partial charge in [-0.15, -0.1) is 0 Å². The summed E-state index contributed by atoms with van der Waals surface area (Å²) in [4.78, 5) is 16.2. The number of ketones is 1. The Morgan fingerprint density at radius 2 is 2.11 bits per heavy atom. The number of nitrogen functional groups attached to an aromatic ring is 1. The van der Waals surface area contributed by atoms with Gasteiger partial charge < -0.3 is 5.73 Å². The molecular weight excluding hydrogens is 316 g/mol. The largest absolute Gasteiger partial charge is 0.398 e. The van der Waals surface area contributed by atoms with Crippen molar-refractivity contribution in [3.8, 4) is 0 Å². The molecule has 0 spiro atoms. The summed E-state index contributed by atoms with van der Waals surface area (Å²) in [6.07, 6.45) is 1.91. The highest BCUT2D eigenvalue weighted by atomic mass is 79.9. The predicted octanol–water partition coefficient (Wildman–Crippen LogP) is 3.51. The maximum atomic E-state index is 12.0. The fourth-order valence-electron chi connectivity index (χ4n) is 1.49. The number of hydrogen-bond acceptors (Lipinski definition) is 3. The number of hydrogen-bond donors (Lipinski definition) is 1. The molecule has 1 aromatic carbocycles. The van der Waals surface area contributed by atoms with Crippen molar-refractivity contribution >= 4 is 39.0 Å². The number of Topliss-reactive ketones (excluding diaryl/α,β-unsaturated/α-hetero) is 1. The fraction of sp³-hybridized carbons (Fsp3) is 0.0769. The molecular formula is C13H10BrClN2O. The van der Waals surface area contributed by atoms with Crippen LogP contribution in [0.15, 0.2) is 41.0 Å². The number of rotatable bonds is 3. The Bertz CT molecular complexity index is 584. The summed E-state index contributed by atoms with van der Waals surface area (Å²) in [5.74, 6) is -0.0341. The van der Waals surface area contributed by atoms with E-state index < -0.39 is 0 Å². The van der Waals surface area contributed by atoms with Crippen LogP contribution in [0.1, 0.15) is 16.1 Å². The van der Waals surface area contributed by atoms with Crippen molar-refractivity contribution in [1.82, 2.24) is 4.98 Å². The number of pyridine rings is 1. The van der Waals surface area contributed by atoms with E-state index in [0.717, 1.165) is 10.2 Å². The molecule has 0 saturated heterocycles. The SMILES string of the molecule is Nc1cc(C(=O)Cc2ccc(Br)cn2)ccc1Cl. The van der Waals surface area contributed by atoms with Gasteiger partial charge in [0.25, 0.3) is 0 Å². The number of nitrogens with zero attached hydrogens (tertiary/aromatic N) is 1. The van der Waals surface area contributed by atoms with Gasteiger partial charge in [-0.3, -0.25) is 9.78 Å². The van der Waals surface area contributed by atoms with E-state index in [1.54, 1.807) is 30.5 Å². The van der Waals surface area contributed by atoms with Crippen LogP contribution in [0.4, 0.5) is 5.69 Å². The Morgan fingerprint density at radius 3 is 2.72 bits per heavy atom. The lowest BCUT2D eigenvalue weighted by Crippen LogP contribution is -2.05. The Kier molecular flexibility index (Phi) is 3.99. The average Bonchev–Trinajstić information content (AvgIpc) is 2.35. The molecule has 5 heteroatoms. The number of halogens is 2. The molecule has 0 radical (unpaired) electrons. The smallest absolute Gasteiger partial charge is 0.168 e. The Labute approximate surface area is 118 Å². The van der Waals surface area contributed by atoms with Crippen molar-refractivity contribution in [3.63, 3.8) is 0 Å². The Morgan fingerprint density at radius 1 is 1.33 bits per heavy atom. The topological polar surface area (TPSA) is 56.0 Å². The minimum absolute atomic E-state index is 0.0341. The van der Waals surface area contributed by atoms with Crippen molar-refractivity contribution in [2.75, 3.05) is 5.73 Å². The number of carbonyl (C=O) groups is 1. The first-order valence-corrected chi connectivity index (χ1v) is 6.42. The summed E-state index contributed by atoms with van der Waals surface area (Å²) in [6.45, 7) is 0. The van der Waals surface area contributed by atoms with E-state index in [2.05, 4.69) is 20.9 Å². The summed E-state index contributed by atoms with van der Waals surface area (Å²) >= 11 is 9.10. The molecule has 0 saturated carbocycles. The standard InChI is InChI=1S/C13H10BrClN2O/c14-9-2-3-10(17-7-9)6-13(18)8-1-4-11(15)12(16)5-8/h1-5,7H,6,16H2. The molecule has 0 aliphatic heterocycles. The zero-order valence-electron chi connectivity index (χ0n) is 9.36. The minimum Gasteiger partial charge on any atom is -0.398 e. The van der Waals surface area contributed by atoms with Crippen molar-refractivity contribution in [1.29, 1.82) is 0 Å². The lowest BCUT2D eigenvalue weighted by atomic mass is 10.1. The zero-order chi connectivity index (χ0) is 13.1. The van der Waals surface area contributed by atoms with Gasteiger partial charge >= 0.3 is 0 Å². The van der Waals surface area contributed by atoms with Gasteiger partial charge in [0.2, 0.25) is 0 Å². The van der Waals surface area contributed by atoms with Crippen LogP contribution in [0.25, 0.3) is 0 Å². The van der Waals surface area contributed by atoms with Crippen LogP contribution in [0, 0.1) is 0 Å². The Hall–Kier alpha value is -1.39. The summed E-state index contributed by atoms with van der Waals surface area (Å²) in [6, 6.07) is 8.54. The van der Waals surface area contributed by atoms with Gasteiger partial charge in [-0.05, 0) is 46.3 Å². The minimum atomic E-state index is -0.0341. The molecule has 0 atom stereocenters. The second-order valence-electron chi connectivity index (χ2n) is 3.80. The summed E-state index contributed by atoms with van der Waals surface area (Å²) in [5, 5.41) is 0.452. The fourth-order valence-corrected chi connectivity index (χ4v) is 1.85. The molecule has 1 heterocycles. The normalized spacial score (nSPS) is 10.3. The molecule has 18 heavy (non-hydrogen) atoms. The van der Waals surface area contributed by atoms with Crippen molar-refractivity contribution in [2.24, 2.45) is 0 Å². The first kappa shape index (κ1) is 13.1. The third kappa shape index (κ3) is 3.09. The highest BCUT2D eigenvalue weighted by Gasteiger charge is 2.09. The number of nitrogens with two attached hydrogens (primary N) is 1. The number of benzene rings is 1. The van der Waals surface area contributed by atoms with E-state index in [9.17, 15) is 4.79 Å². The number of anilines is 1. The predicted molar refractivity (Wildman–Crippen MR) is 75.8 cm³/mol. The van der Waals surface area contributed by atoms with Gasteiger partial charge in [0, 0.05) is 21.9 Å². The lowest BCUT2D eigenvalue weighted by Gasteiger charge is -2.03. The maximum absolute atomic E-state index is 12.0. The van der Waals surface area contributed by atoms with Crippen LogP contribution in [0.5, 0.6) is 0 Å². The van der Waals surface area contributed by atoms with Crippen LogP contribution in [-0.4, -0.2) is 10.8 Å². The Balaban J connectivity index is 2.16. The average molecular weight is 326 g/mol. The van der Waals surface area contributed by atoms with Crippen LogP contribution < -0.4 is 5.73 Å². The highest BCUT2D eigenvalue weighted by molar-refractivity contribution is 9.10. The monoisotopic (exact) mass is 324 g/mol. The first-order chi connectivity index (χ1) is 8.56. The third-order valence-corrected chi connectivity index (χ3v) is 3.26. The molecule has 0 fully saturated rings. The van der Waals surface area contributed by atoms with Gasteiger partial charge in [0.15, 0.2) is 5.78 Å². The van der Waals surface area contributed by atoms with E-state index in [-0.39, 0.29) is 12.2 Å².